The lowest BCUT2D eigenvalue weighted by Crippen LogP contribution is -2.54. The second-order valence-corrected chi connectivity index (χ2v) is 6.84. The lowest BCUT2D eigenvalue weighted by atomic mass is 9.67. The van der Waals surface area contributed by atoms with Crippen LogP contribution < -0.4 is 0 Å². The van der Waals surface area contributed by atoms with Crippen molar-refractivity contribution in [3.05, 3.63) is 0 Å². The largest absolute Gasteiger partial charge is 0.393 e. The Morgan fingerprint density at radius 2 is 1.95 bits per heavy atom. The van der Waals surface area contributed by atoms with Crippen LogP contribution in [-0.2, 0) is 4.74 Å². The van der Waals surface area contributed by atoms with Crippen molar-refractivity contribution in [2.75, 3.05) is 20.3 Å². The molecule has 0 radical (unpaired) electrons. The molecule has 1 N–H and O–H groups in total. The van der Waals surface area contributed by atoms with Gasteiger partial charge in [-0.15, -0.1) is 0 Å². The van der Waals surface area contributed by atoms with Gasteiger partial charge < -0.3 is 9.84 Å². The minimum atomic E-state index is -0.0972. The predicted octanol–water partition coefficient (Wildman–Crippen LogP) is 2.82. The van der Waals surface area contributed by atoms with Crippen molar-refractivity contribution in [1.29, 1.82) is 0 Å². The van der Waals surface area contributed by atoms with E-state index < -0.39 is 0 Å². The van der Waals surface area contributed by atoms with Gasteiger partial charge in [-0.2, -0.15) is 0 Å². The molecule has 3 heteroatoms. The van der Waals surface area contributed by atoms with Crippen molar-refractivity contribution in [2.45, 2.75) is 77.0 Å². The van der Waals surface area contributed by atoms with E-state index in [0.717, 1.165) is 26.0 Å². The maximum Gasteiger partial charge on any atom is 0.0589 e. The molecule has 2 saturated carbocycles. The highest BCUT2D eigenvalue weighted by Crippen LogP contribution is 2.51. The molecule has 0 aliphatic heterocycles. The molecule has 3 nitrogen and oxygen atoms in total. The van der Waals surface area contributed by atoms with Gasteiger partial charge in [0.05, 0.1) is 12.7 Å². The Morgan fingerprint density at radius 3 is 2.53 bits per heavy atom. The highest BCUT2D eigenvalue weighted by atomic mass is 16.5. The molecule has 0 aromatic rings. The van der Waals surface area contributed by atoms with Gasteiger partial charge in [0.25, 0.3) is 0 Å². The number of ether oxygens (including phenoxy) is 1. The van der Waals surface area contributed by atoms with Crippen LogP contribution in [0.4, 0.5) is 0 Å². The Kier molecular flexibility index (Phi) is 5.27. The molecule has 2 rings (SSSR count). The number of rotatable bonds is 5. The maximum absolute atomic E-state index is 10.1. The third-order valence-corrected chi connectivity index (χ3v) is 5.39. The molecular weight excluding hydrogens is 238 g/mol. The van der Waals surface area contributed by atoms with E-state index in [1.165, 1.54) is 32.1 Å². The number of aliphatic hydroxyl groups is 1. The Hall–Kier alpha value is -0.120. The molecule has 0 bridgehead atoms. The van der Waals surface area contributed by atoms with Gasteiger partial charge in [-0.05, 0) is 51.4 Å². The van der Waals surface area contributed by atoms with Gasteiger partial charge >= 0.3 is 0 Å². The average Bonchev–Trinajstić information content (AvgIpc) is 2.83. The third-order valence-electron chi connectivity index (χ3n) is 5.39. The standard InChI is InChI=1S/C16H31NO2/c1-13(2)17(10-11-19-3)15-12-14(18)6-9-16(15)7-4-5-8-16/h13-15,18H,4-12H2,1-3H3. The van der Waals surface area contributed by atoms with Crippen molar-refractivity contribution in [3.8, 4) is 0 Å². The van der Waals surface area contributed by atoms with Gasteiger partial charge in [-0.3, -0.25) is 4.90 Å². The van der Waals surface area contributed by atoms with Gasteiger partial charge in [0.15, 0.2) is 0 Å². The molecule has 0 aromatic carbocycles. The summed E-state index contributed by atoms with van der Waals surface area (Å²) in [5.41, 5.74) is 0.483. The highest BCUT2D eigenvalue weighted by Gasteiger charge is 2.47. The van der Waals surface area contributed by atoms with E-state index in [9.17, 15) is 5.11 Å². The normalized spacial score (nSPS) is 30.6. The van der Waals surface area contributed by atoms with E-state index >= 15 is 0 Å². The van der Waals surface area contributed by atoms with Gasteiger partial charge in [0, 0.05) is 25.7 Å². The highest BCUT2D eigenvalue weighted by molar-refractivity contribution is 5.00. The minimum Gasteiger partial charge on any atom is -0.393 e. The average molecular weight is 269 g/mol. The van der Waals surface area contributed by atoms with Crippen LogP contribution >= 0.6 is 0 Å². The summed E-state index contributed by atoms with van der Waals surface area (Å²) in [7, 11) is 1.78. The van der Waals surface area contributed by atoms with E-state index in [4.69, 9.17) is 4.74 Å². The first-order valence-electron chi connectivity index (χ1n) is 8.02. The number of aliphatic hydroxyl groups excluding tert-OH is 1. The Morgan fingerprint density at radius 1 is 1.26 bits per heavy atom. The molecule has 2 atom stereocenters. The Labute approximate surface area is 118 Å². The van der Waals surface area contributed by atoms with Crippen LogP contribution in [0.5, 0.6) is 0 Å². The summed E-state index contributed by atoms with van der Waals surface area (Å²) in [4.78, 5) is 2.59. The monoisotopic (exact) mass is 269 g/mol. The van der Waals surface area contributed by atoms with E-state index in [0.29, 0.717) is 17.5 Å². The van der Waals surface area contributed by atoms with Gasteiger partial charge in [-0.25, -0.2) is 0 Å². The van der Waals surface area contributed by atoms with E-state index in [2.05, 4.69) is 18.7 Å². The molecule has 0 aromatic heterocycles. The Balaban J connectivity index is 2.14. The van der Waals surface area contributed by atoms with Gasteiger partial charge in [0.2, 0.25) is 0 Å². The molecular formula is C16H31NO2. The van der Waals surface area contributed by atoms with Crippen molar-refractivity contribution in [3.63, 3.8) is 0 Å². The second kappa shape index (κ2) is 6.55. The van der Waals surface area contributed by atoms with Crippen molar-refractivity contribution < 1.29 is 9.84 Å². The summed E-state index contributed by atoms with van der Waals surface area (Å²) in [6, 6.07) is 1.08. The molecule has 0 amide bonds. The summed E-state index contributed by atoms with van der Waals surface area (Å²) < 4.78 is 5.29. The van der Waals surface area contributed by atoms with Crippen LogP contribution in [0.1, 0.15) is 58.8 Å². The van der Waals surface area contributed by atoms with E-state index in [1.807, 2.05) is 0 Å². The molecule has 0 heterocycles. The third kappa shape index (κ3) is 3.32. The molecule has 2 unspecified atom stereocenters. The summed E-state index contributed by atoms with van der Waals surface area (Å²) in [5, 5.41) is 10.1. The second-order valence-electron chi connectivity index (χ2n) is 6.84. The van der Waals surface area contributed by atoms with Gasteiger partial charge in [-0.1, -0.05) is 12.8 Å². The van der Waals surface area contributed by atoms with Gasteiger partial charge in [0.1, 0.15) is 0 Å². The zero-order valence-corrected chi connectivity index (χ0v) is 12.9. The SMILES string of the molecule is COCCN(C(C)C)C1CC(O)CCC12CCCC2. The first-order chi connectivity index (χ1) is 9.09. The first-order valence-corrected chi connectivity index (χ1v) is 8.02. The number of hydrogen-bond acceptors (Lipinski definition) is 3. The topological polar surface area (TPSA) is 32.7 Å². The fourth-order valence-corrected chi connectivity index (χ4v) is 4.37. The smallest absolute Gasteiger partial charge is 0.0589 e. The lowest BCUT2D eigenvalue weighted by Gasteiger charge is -2.50. The van der Waals surface area contributed by atoms with Crippen LogP contribution in [0.3, 0.4) is 0 Å². The maximum atomic E-state index is 10.1. The number of methoxy groups -OCH3 is 1. The number of hydrogen-bond donors (Lipinski definition) is 1. The predicted molar refractivity (Wildman–Crippen MR) is 78.3 cm³/mol. The van der Waals surface area contributed by atoms with Crippen LogP contribution in [0, 0.1) is 5.41 Å². The van der Waals surface area contributed by atoms with Crippen molar-refractivity contribution >= 4 is 0 Å². The molecule has 2 aliphatic carbocycles. The fraction of sp³-hybridized carbons (Fsp3) is 1.00. The van der Waals surface area contributed by atoms with Crippen molar-refractivity contribution in [1.82, 2.24) is 4.90 Å². The number of nitrogens with zero attached hydrogens (tertiary/aromatic N) is 1. The molecule has 1 spiro atoms. The molecule has 2 aliphatic rings. The molecule has 112 valence electrons. The van der Waals surface area contributed by atoms with Crippen LogP contribution in [0.15, 0.2) is 0 Å². The zero-order chi connectivity index (χ0) is 13.9. The molecule has 2 fully saturated rings. The summed E-state index contributed by atoms with van der Waals surface area (Å²) >= 11 is 0. The summed E-state index contributed by atoms with van der Waals surface area (Å²) in [6.45, 7) is 6.34. The van der Waals surface area contributed by atoms with E-state index in [1.54, 1.807) is 7.11 Å². The van der Waals surface area contributed by atoms with Crippen LogP contribution in [0.25, 0.3) is 0 Å². The lowest BCUT2D eigenvalue weighted by molar-refractivity contribution is -0.0451. The molecule has 0 saturated heterocycles. The van der Waals surface area contributed by atoms with Crippen LogP contribution in [-0.4, -0.2) is 48.5 Å². The fourth-order valence-electron chi connectivity index (χ4n) is 4.37. The first kappa shape index (κ1) is 15.3. The minimum absolute atomic E-state index is 0.0972. The quantitative estimate of drug-likeness (QED) is 0.833. The van der Waals surface area contributed by atoms with E-state index in [-0.39, 0.29) is 6.10 Å². The van der Waals surface area contributed by atoms with Crippen LogP contribution in [0.2, 0.25) is 0 Å². The Bertz CT molecular complexity index is 274. The zero-order valence-electron chi connectivity index (χ0n) is 12.9. The summed E-state index contributed by atoms with van der Waals surface area (Å²) in [5.74, 6) is 0. The van der Waals surface area contributed by atoms with Crippen molar-refractivity contribution in [2.24, 2.45) is 5.41 Å². The molecule has 19 heavy (non-hydrogen) atoms. The summed E-state index contributed by atoms with van der Waals surface area (Å²) in [6.07, 6.45) is 8.57.